The second-order valence-corrected chi connectivity index (χ2v) is 5.54. The van der Waals surface area contributed by atoms with Crippen molar-refractivity contribution < 1.29 is 4.79 Å². The fourth-order valence-electron chi connectivity index (χ4n) is 1.73. The number of amides is 1. The molecule has 0 aliphatic rings. The van der Waals surface area contributed by atoms with Crippen molar-refractivity contribution in [2.45, 2.75) is 20.4 Å². The largest absolute Gasteiger partial charge is 0.347 e. The third-order valence-corrected chi connectivity index (χ3v) is 3.58. The van der Waals surface area contributed by atoms with Crippen LogP contribution >= 0.6 is 11.3 Å². The van der Waals surface area contributed by atoms with E-state index >= 15 is 0 Å². The van der Waals surface area contributed by atoms with Crippen molar-refractivity contribution in [3.05, 3.63) is 45.4 Å². The zero-order chi connectivity index (χ0) is 13.8. The van der Waals surface area contributed by atoms with Crippen LogP contribution in [0.2, 0.25) is 0 Å². The average molecular weight is 276 g/mol. The number of carbonyl (C=O) groups excluding carboxylic acids is 1. The number of nitrogens with zero attached hydrogens (tertiary/aromatic N) is 1. The minimum atomic E-state index is -0.154. The number of anilines is 1. The zero-order valence-corrected chi connectivity index (χ0v) is 11.7. The van der Waals surface area contributed by atoms with Crippen LogP contribution in [0.3, 0.4) is 0 Å². The van der Waals surface area contributed by atoms with E-state index in [1.807, 2.05) is 26.0 Å². The monoisotopic (exact) mass is 276 g/mol. The van der Waals surface area contributed by atoms with Gasteiger partial charge in [-0.2, -0.15) is 0 Å². The molecule has 0 spiro atoms. The molecule has 19 heavy (non-hydrogen) atoms. The minimum absolute atomic E-state index is 0.154. The molecule has 0 saturated heterocycles. The molecule has 1 aromatic heterocycles. The third kappa shape index (κ3) is 3.30. The number of hydrogen-bond acceptors (Lipinski definition) is 5. The maximum atomic E-state index is 12.1. The molecule has 1 aromatic carbocycles. The summed E-state index contributed by atoms with van der Waals surface area (Å²) < 4.78 is 0. The molecule has 2 rings (SSSR count). The van der Waals surface area contributed by atoms with Gasteiger partial charge in [0.05, 0.1) is 22.8 Å². The number of hydrazine groups is 1. The van der Waals surface area contributed by atoms with Crippen LogP contribution in [-0.4, -0.2) is 10.9 Å². The smallest absolute Gasteiger partial charge is 0.253 e. The molecule has 1 heterocycles. The number of carbonyl (C=O) groups is 1. The van der Waals surface area contributed by atoms with Crippen molar-refractivity contribution in [2.75, 3.05) is 5.43 Å². The van der Waals surface area contributed by atoms with Crippen LogP contribution in [-0.2, 0) is 6.54 Å². The fourth-order valence-corrected chi connectivity index (χ4v) is 2.46. The molecule has 0 radical (unpaired) electrons. The quantitative estimate of drug-likeness (QED) is 0.589. The Morgan fingerprint density at radius 2 is 2.21 bits per heavy atom. The standard InChI is InChI=1S/C13H16N4OS/c1-8-3-4-11(12(5-8)17-14)13(18)16-7-10-6-15-9(2)19-10/h3-6,17H,7,14H2,1-2H3,(H,16,18). The summed E-state index contributed by atoms with van der Waals surface area (Å²) in [5.74, 6) is 5.28. The molecule has 0 bridgehead atoms. The molecular formula is C13H16N4OS. The predicted molar refractivity (Wildman–Crippen MR) is 77.0 cm³/mol. The van der Waals surface area contributed by atoms with Crippen LogP contribution in [0.1, 0.15) is 25.8 Å². The molecule has 0 saturated carbocycles. The number of benzene rings is 1. The molecule has 2 aromatic rings. The molecule has 0 aliphatic heterocycles. The lowest BCUT2D eigenvalue weighted by molar-refractivity contribution is 0.0952. The zero-order valence-electron chi connectivity index (χ0n) is 10.9. The highest BCUT2D eigenvalue weighted by Crippen LogP contribution is 2.17. The lowest BCUT2D eigenvalue weighted by atomic mass is 10.1. The highest BCUT2D eigenvalue weighted by atomic mass is 32.1. The number of thiazole rings is 1. The lowest BCUT2D eigenvalue weighted by Gasteiger charge is -2.09. The highest BCUT2D eigenvalue weighted by molar-refractivity contribution is 7.11. The van der Waals surface area contributed by atoms with E-state index in [0.29, 0.717) is 17.8 Å². The van der Waals surface area contributed by atoms with Gasteiger partial charge in [-0.25, -0.2) is 4.98 Å². The maximum absolute atomic E-state index is 12.1. The first-order valence-corrected chi connectivity index (χ1v) is 6.68. The Labute approximate surface area is 115 Å². The third-order valence-electron chi connectivity index (χ3n) is 2.67. The van der Waals surface area contributed by atoms with Gasteiger partial charge in [0.15, 0.2) is 0 Å². The first kappa shape index (κ1) is 13.5. The second-order valence-electron chi connectivity index (χ2n) is 4.22. The van der Waals surface area contributed by atoms with Crippen LogP contribution in [0.25, 0.3) is 0 Å². The van der Waals surface area contributed by atoms with Gasteiger partial charge in [0.25, 0.3) is 5.91 Å². The molecule has 4 N–H and O–H groups in total. The van der Waals surface area contributed by atoms with Crippen LogP contribution in [0.5, 0.6) is 0 Å². The van der Waals surface area contributed by atoms with Crippen molar-refractivity contribution in [3.63, 3.8) is 0 Å². The molecule has 0 fully saturated rings. The van der Waals surface area contributed by atoms with E-state index in [9.17, 15) is 4.79 Å². The number of aryl methyl sites for hydroxylation is 2. The molecule has 0 unspecified atom stereocenters. The van der Waals surface area contributed by atoms with Gasteiger partial charge < -0.3 is 10.7 Å². The maximum Gasteiger partial charge on any atom is 0.253 e. The fraction of sp³-hybridized carbons (Fsp3) is 0.231. The van der Waals surface area contributed by atoms with Crippen LogP contribution in [0.4, 0.5) is 5.69 Å². The highest BCUT2D eigenvalue weighted by Gasteiger charge is 2.11. The summed E-state index contributed by atoms with van der Waals surface area (Å²) in [6.45, 7) is 4.36. The SMILES string of the molecule is Cc1ccc(C(=O)NCc2cnc(C)s2)c(NN)c1. The number of aromatic nitrogens is 1. The molecule has 1 amide bonds. The summed E-state index contributed by atoms with van der Waals surface area (Å²) in [4.78, 5) is 17.3. The van der Waals surface area contributed by atoms with Gasteiger partial charge in [0.1, 0.15) is 0 Å². The van der Waals surface area contributed by atoms with Crippen LogP contribution in [0, 0.1) is 13.8 Å². The molecule has 5 nitrogen and oxygen atoms in total. The van der Waals surface area contributed by atoms with Gasteiger partial charge in [-0.1, -0.05) is 6.07 Å². The van der Waals surface area contributed by atoms with E-state index in [1.54, 1.807) is 23.6 Å². The molecule has 6 heteroatoms. The van der Waals surface area contributed by atoms with Gasteiger partial charge in [0, 0.05) is 11.1 Å². The number of nitrogen functional groups attached to an aromatic ring is 1. The molecule has 0 aliphatic carbocycles. The van der Waals surface area contributed by atoms with Gasteiger partial charge in [-0.3, -0.25) is 10.6 Å². The average Bonchev–Trinajstić information content (AvgIpc) is 2.81. The summed E-state index contributed by atoms with van der Waals surface area (Å²) in [5, 5.41) is 3.85. The van der Waals surface area contributed by atoms with E-state index in [0.717, 1.165) is 15.4 Å². The summed E-state index contributed by atoms with van der Waals surface area (Å²) in [5.41, 5.74) is 4.75. The topological polar surface area (TPSA) is 80.0 Å². The Kier molecular flexibility index (Phi) is 4.13. The van der Waals surface area contributed by atoms with Gasteiger partial charge in [-0.15, -0.1) is 11.3 Å². The Morgan fingerprint density at radius 3 is 2.84 bits per heavy atom. The number of nitrogens with two attached hydrogens (primary N) is 1. The summed E-state index contributed by atoms with van der Waals surface area (Å²) >= 11 is 1.57. The number of rotatable bonds is 4. The minimum Gasteiger partial charge on any atom is -0.347 e. The Morgan fingerprint density at radius 1 is 1.42 bits per heavy atom. The normalized spacial score (nSPS) is 10.3. The van der Waals surface area contributed by atoms with Crippen molar-refractivity contribution in [3.8, 4) is 0 Å². The number of nitrogens with one attached hydrogen (secondary N) is 2. The molecular weight excluding hydrogens is 260 g/mol. The lowest BCUT2D eigenvalue weighted by Crippen LogP contribution is -2.24. The van der Waals surface area contributed by atoms with Crippen molar-refractivity contribution >= 4 is 22.9 Å². The van der Waals surface area contributed by atoms with E-state index in [4.69, 9.17) is 5.84 Å². The van der Waals surface area contributed by atoms with E-state index < -0.39 is 0 Å². The summed E-state index contributed by atoms with van der Waals surface area (Å²) in [7, 11) is 0. The molecule has 100 valence electrons. The van der Waals surface area contributed by atoms with E-state index in [1.165, 1.54) is 0 Å². The number of hydrogen-bond donors (Lipinski definition) is 3. The first-order chi connectivity index (χ1) is 9.10. The van der Waals surface area contributed by atoms with Crippen LogP contribution < -0.4 is 16.6 Å². The van der Waals surface area contributed by atoms with Crippen molar-refractivity contribution in [1.82, 2.24) is 10.3 Å². The Bertz CT molecular complexity index is 594. The van der Waals surface area contributed by atoms with Crippen molar-refractivity contribution in [1.29, 1.82) is 0 Å². The second kappa shape index (κ2) is 5.81. The summed E-state index contributed by atoms with van der Waals surface area (Å²) in [6.07, 6.45) is 1.78. The Balaban J connectivity index is 2.07. The van der Waals surface area contributed by atoms with Gasteiger partial charge in [-0.05, 0) is 31.5 Å². The van der Waals surface area contributed by atoms with Gasteiger partial charge in [0.2, 0.25) is 0 Å². The summed E-state index contributed by atoms with van der Waals surface area (Å²) in [6, 6.07) is 5.48. The predicted octanol–water partition coefficient (Wildman–Crippen LogP) is 1.98. The van der Waals surface area contributed by atoms with Gasteiger partial charge >= 0.3 is 0 Å². The van der Waals surface area contributed by atoms with Crippen molar-refractivity contribution in [2.24, 2.45) is 5.84 Å². The van der Waals surface area contributed by atoms with Crippen LogP contribution in [0.15, 0.2) is 24.4 Å². The first-order valence-electron chi connectivity index (χ1n) is 5.87. The van der Waals surface area contributed by atoms with E-state index in [2.05, 4.69) is 15.7 Å². The van der Waals surface area contributed by atoms with E-state index in [-0.39, 0.29) is 5.91 Å². The Hall–Kier alpha value is -1.92. The molecule has 0 atom stereocenters.